The molecule has 2 heteroatoms. The number of nitrogens with one attached hydrogen (secondary N) is 1. The summed E-state index contributed by atoms with van der Waals surface area (Å²) in [5, 5.41) is 3.51. The second-order valence-electron chi connectivity index (χ2n) is 4.85. The number of piperidine rings is 1. The van der Waals surface area contributed by atoms with Crippen LogP contribution in [0, 0.1) is 5.41 Å². The van der Waals surface area contributed by atoms with Crippen LogP contribution in [-0.2, 0) is 0 Å². The van der Waals surface area contributed by atoms with Gasteiger partial charge in [0.2, 0.25) is 0 Å². The zero-order valence-corrected chi connectivity index (χ0v) is 9.10. The van der Waals surface area contributed by atoms with Gasteiger partial charge in [-0.15, -0.1) is 6.58 Å². The van der Waals surface area contributed by atoms with Crippen LogP contribution in [0.1, 0.15) is 25.7 Å². The minimum absolute atomic E-state index is 0.671. The highest BCUT2D eigenvalue weighted by Crippen LogP contribution is 2.36. The van der Waals surface area contributed by atoms with Crippen molar-refractivity contribution in [3.63, 3.8) is 0 Å². The van der Waals surface area contributed by atoms with E-state index >= 15 is 0 Å². The molecule has 0 aromatic carbocycles. The molecule has 2 fully saturated rings. The van der Waals surface area contributed by atoms with E-state index in [0.29, 0.717) is 5.41 Å². The highest BCUT2D eigenvalue weighted by molar-refractivity contribution is 4.92. The Bertz CT molecular complexity index is 184. The van der Waals surface area contributed by atoms with E-state index in [1.165, 1.54) is 52.0 Å². The molecular formula is C12H22N2. The van der Waals surface area contributed by atoms with E-state index < -0.39 is 0 Å². The highest BCUT2D eigenvalue weighted by Gasteiger charge is 2.36. The first-order chi connectivity index (χ1) is 6.85. The molecule has 2 saturated heterocycles. The van der Waals surface area contributed by atoms with Crippen molar-refractivity contribution in [1.82, 2.24) is 10.2 Å². The summed E-state index contributed by atoms with van der Waals surface area (Å²) in [6.07, 6.45) is 7.38. The molecule has 2 aliphatic heterocycles. The Kier molecular flexibility index (Phi) is 3.24. The van der Waals surface area contributed by atoms with Crippen molar-refractivity contribution >= 4 is 0 Å². The molecule has 2 heterocycles. The molecule has 2 aliphatic rings. The lowest BCUT2D eigenvalue weighted by Crippen LogP contribution is -2.41. The van der Waals surface area contributed by atoms with Crippen LogP contribution < -0.4 is 5.32 Å². The van der Waals surface area contributed by atoms with Gasteiger partial charge in [-0.25, -0.2) is 0 Å². The average Bonchev–Trinajstić information content (AvgIpc) is 2.66. The van der Waals surface area contributed by atoms with Gasteiger partial charge in [-0.2, -0.15) is 0 Å². The maximum absolute atomic E-state index is 3.78. The van der Waals surface area contributed by atoms with Crippen LogP contribution in [0.4, 0.5) is 0 Å². The van der Waals surface area contributed by atoms with Crippen molar-refractivity contribution in [3.05, 3.63) is 12.7 Å². The van der Waals surface area contributed by atoms with Gasteiger partial charge in [0, 0.05) is 13.1 Å². The first kappa shape index (κ1) is 10.2. The van der Waals surface area contributed by atoms with Crippen LogP contribution in [0.5, 0.6) is 0 Å². The van der Waals surface area contributed by atoms with E-state index in [1.54, 1.807) is 0 Å². The Labute approximate surface area is 87.4 Å². The Hall–Kier alpha value is -0.340. The maximum atomic E-state index is 3.78. The molecule has 0 saturated carbocycles. The van der Waals surface area contributed by atoms with Crippen LogP contribution in [-0.4, -0.2) is 37.6 Å². The van der Waals surface area contributed by atoms with Gasteiger partial charge in [0.1, 0.15) is 0 Å². The molecule has 1 spiro atoms. The van der Waals surface area contributed by atoms with Crippen LogP contribution in [0.25, 0.3) is 0 Å². The zero-order chi connectivity index (χ0) is 9.86. The summed E-state index contributed by atoms with van der Waals surface area (Å²) in [7, 11) is 0. The van der Waals surface area contributed by atoms with E-state index in [0.717, 1.165) is 6.42 Å². The summed E-state index contributed by atoms with van der Waals surface area (Å²) in [6, 6.07) is 0. The minimum atomic E-state index is 0.671. The van der Waals surface area contributed by atoms with Crippen molar-refractivity contribution in [3.8, 4) is 0 Å². The van der Waals surface area contributed by atoms with Gasteiger partial charge in [0.15, 0.2) is 0 Å². The van der Waals surface area contributed by atoms with Crippen LogP contribution in [0.3, 0.4) is 0 Å². The third kappa shape index (κ3) is 2.18. The third-order valence-electron chi connectivity index (χ3n) is 3.90. The molecule has 0 bridgehead atoms. The van der Waals surface area contributed by atoms with Crippen molar-refractivity contribution < 1.29 is 0 Å². The Morgan fingerprint density at radius 3 is 2.64 bits per heavy atom. The lowest BCUT2D eigenvalue weighted by molar-refractivity contribution is 0.120. The Balaban J connectivity index is 1.76. The fraction of sp³-hybridized carbons (Fsp3) is 0.833. The number of hydrogen-bond donors (Lipinski definition) is 1. The van der Waals surface area contributed by atoms with Crippen LogP contribution in [0.15, 0.2) is 12.7 Å². The summed E-state index contributed by atoms with van der Waals surface area (Å²) in [5.41, 5.74) is 0.671. The minimum Gasteiger partial charge on any atom is -0.316 e. The van der Waals surface area contributed by atoms with Gasteiger partial charge in [-0.1, -0.05) is 6.08 Å². The molecule has 80 valence electrons. The molecular weight excluding hydrogens is 172 g/mol. The summed E-state index contributed by atoms with van der Waals surface area (Å²) in [4.78, 5) is 2.59. The highest BCUT2D eigenvalue weighted by atomic mass is 15.1. The molecule has 0 unspecified atom stereocenters. The van der Waals surface area contributed by atoms with E-state index in [1.807, 2.05) is 6.08 Å². The van der Waals surface area contributed by atoms with Gasteiger partial charge in [0.25, 0.3) is 0 Å². The molecule has 2 nitrogen and oxygen atoms in total. The normalized spacial score (nSPS) is 26.9. The van der Waals surface area contributed by atoms with E-state index in [-0.39, 0.29) is 0 Å². The van der Waals surface area contributed by atoms with Gasteiger partial charge in [0.05, 0.1) is 0 Å². The van der Waals surface area contributed by atoms with Crippen molar-refractivity contribution in [2.45, 2.75) is 25.7 Å². The topological polar surface area (TPSA) is 15.3 Å². The predicted molar refractivity (Wildman–Crippen MR) is 60.4 cm³/mol. The van der Waals surface area contributed by atoms with E-state index in [2.05, 4.69) is 16.8 Å². The summed E-state index contributed by atoms with van der Waals surface area (Å²) < 4.78 is 0. The number of rotatable bonds is 3. The first-order valence-electron chi connectivity index (χ1n) is 5.89. The molecule has 1 N–H and O–H groups in total. The van der Waals surface area contributed by atoms with Gasteiger partial charge in [-0.05, 0) is 50.7 Å². The lowest BCUT2D eigenvalue weighted by atomic mass is 9.78. The fourth-order valence-corrected chi connectivity index (χ4v) is 2.75. The van der Waals surface area contributed by atoms with Gasteiger partial charge >= 0.3 is 0 Å². The monoisotopic (exact) mass is 194 g/mol. The van der Waals surface area contributed by atoms with Crippen molar-refractivity contribution in [1.29, 1.82) is 0 Å². The third-order valence-corrected chi connectivity index (χ3v) is 3.90. The lowest BCUT2D eigenvalue weighted by Gasteiger charge is -2.38. The largest absolute Gasteiger partial charge is 0.316 e. The molecule has 2 rings (SSSR count). The van der Waals surface area contributed by atoms with E-state index in [9.17, 15) is 0 Å². The fourth-order valence-electron chi connectivity index (χ4n) is 2.75. The number of hydrogen-bond acceptors (Lipinski definition) is 2. The molecule has 0 radical (unpaired) electrons. The summed E-state index contributed by atoms with van der Waals surface area (Å²) >= 11 is 0. The Morgan fingerprint density at radius 2 is 2.07 bits per heavy atom. The quantitative estimate of drug-likeness (QED) is 0.687. The zero-order valence-electron chi connectivity index (χ0n) is 9.10. The smallest absolute Gasteiger partial charge is 0.00158 e. The Morgan fingerprint density at radius 1 is 1.29 bits per heavy atom. The summed E-state index contributed by atoms with van der Waals surface area (Å²) in [6.45, 7) is 10.1. The predicted octanol–water partition coefficient (Wildman–Crippen LogP) is 1.64. The van der Waals surface area contributed by atoms with E-state index in [4.69, 9.17) is 0 Å². The first-order valence-corrected chi connectivity index (χ1v) is 5.89. The van der Waals surface area contributed by atoms with Crippen LogP contribution >= 0.6 is 0 Å². The SMILES string of the molecule is C=CCCN1CCC2(CCNC2)CC1. The standard InChI is InChI=1S/C12H22N2/c1-2-3-8-14-9-5-12(6-10-14)4-7-13-11-12/h2,13H,1,3-11H2. The number of nitrogens with zero attached hydrogens (tertiary/aromatic N) is 1. The molecule has 0 aromatic rings. The molecule has 0 aliphatic carbocycles. The maximum Gasteiger partial charge on any atom is 0.00158 e. The van der Waals surface area contributed by atoms with Crippen molar-refractivity contribution in [2.24, 2.45) is 5.41 Å². The molecule has 0 atom stereocenters. The second-order valence-corrected chi connectivity index (χ2v) is 4.85. The van der Waals surface area contributed by atoms with Gasteiger partial charge in [-0.3, -0.25) is 0 Å². The van der Waals surface area contributed by atoms with Crippen LogP contribution in [0.2, 0.25) is 0 Å². The van der Waals surface area contributed by atoms with Gasteiger partial charge < -0.3 is 10.2 Å². The summed E-state index contributed by atoms with van der Waals surface area (Å²) in [5.74, 6) is 0. The molecule has 0 amide bonds. The number of likely N-dealkylation sites (tertiary alicyclic amines) is 1. The molecule has 14 heavy (non-hydrogen) atoms. The van der Waals surface area contributed by atoms with Crippen molar-refractivity contribution in [2.75, 3.05) is 32.7 Å². The molecule has 0 aromatic heterocycles. The second kappa shape index (κ2) is 4.45. The average molecular weight is 194 g/mol.